The van der Waals surface area contributed by atoms with Gasteiger partial charge in [-0.05, 0) is 24.7 Å². The van der Waals surface area contributed by atoms with Gasteiger partial charge in [0.1, 0.15) is 0 Å². The van der Waals surface area contributed by atoms with Gasteiger partial charge in [-0.1, -0.05) is 19.1 Å². The monoisotopic (exact) mass is 126 g/mol. The Balaban J connectivity index is 2.43. The number of rotatable bonds is 1. The van der Waals surface area contributed by atoms with Crippen molar-refractivity contribution in [3.63, 3.8) is 0 Å². The van der Waals surface area contributed by atoms with E-state index in [1.54, 1.807) is 0 Å². The van der Waals surface area contributed by atoms with E-state index >= 15 is 0 Å². The summed E-state index contributed by atoms with van der Waals surface area (Å²) in [5.41, 5.74) is 0. The summed E-state index contributed by atoms with van der Waals surface area (Å²) in [5.74, 6) is 1.20. The lowest BCUT2D eigenvalue weighted by atomic mass is 9.85. The normalized spacial score (nSPS) is 34.9. The molecule has 0 unspecified atom stereocenters. The zero-order valence-corrected chi connectivity index (χ0v) is 5.88. The molecule has 52 valence electrons. The van der Waals surface area contributed by atoms with Crippen LogP contribution in [0.2, 0.25) is 0 Å². The van der Waals surface area contributed by atoms with Crippen LogP contribution in [0.1, 0.15) is 19.8 Å². The molecule has 1 heteroatoms. The highest BCUT2D eigenvalue weighted by molar-refractivity contribution is 4.92. The Bertz CT molecular complexity index is 107. The first-order chi connectivity index (χ1) is 4.34. The van der Waals surface area contributed by atoms with Crippen LogP contribution in [0.25, 0.3) is 0 Å². The van der Waals surface area contributed by atoms with Crippen LogP contribution in [-0.4, -0.2) is 11.7 Å². The van der Waals surface area contributed by atoms with E-state index in [0.717, 1.165) is 12.8 Å². The van der Waals surface area contributed by atoms with Crippen molar-refractivity contribution >= 4 is 0 Å². The molecule has 1 N–H and O–H groups in total. The molecule has 0 saturated carbocycles. The smallest absolute Gasteiger partial charge is 0.0464 e. The van der Waals surface area contributed by atoms with Crippen molar-refractivity contribution in [2.24, 2.45) is 11.8 Å². The number of aliphatic hydroxyl groups excluding tert-OH is 1. The lowest BCUT2D eigenvalue weighted by molar-refractivity contribution is 0.180. The number of aliphatic hydroxyl groups is 1. The molecule has 0 aliphatic heterocycles. The van der Waals surface area contributed by atoms with Gasteiger partial charge in [-0.25, -0.2) is 0 Å². The maximum Gasteiger partial charge on any atom is 0.0464 e. The summed E-state index contributed by atoms with van der Waals surface area (Å²) >= 11 is 0. The largest absolute Gasteiger partial charge is 0.396 e. The van der Waals surface area contributed by atoms with Crippen LogP contribution >= 0.6 is 0 Å². The van der Waals surface area contributed by atoms with Crippen LogP contribution in [0.4, 0.5) is 0 Å². The van der Waals surface area contributed by atoms with Gasteiger partial charge < -0.3 is 5.11 Å². The van der Waals surface area contributed by atoms with Gasteiger partial charge in [0.2, 0.25) is 0 Å². The Morgan fingerprint density at radius 1 is 1.44 bits per heavy atom. The molecule has 1 aliphatic rings. The summed E-state index contributed by atoms with van der Waals surface area (Å²) in [4.78, 5) is 0. The fourth-order valence-electron chi connectivity index (χ4n) is 1.26. The third kappa shape index (κ3) is 1.55. The van der Waals surface area contributed by atoms with Crippen molar-refractivity contribution in [1.29, 1.82) is 0 Å². The summed E-state index contributed by atoms with van der Waals surface area (Å²) < 4.78 is 0. The van der Waals surface area contributed by atoms with Crippen molar-refractivity contribution in [3.8, 4) is 0 Å². The fourth-order valence-corrected chi connectivity index (χ4v) is 1.26. The van der Waals surface area contributed by atoms with Gasteiger partial charge in [-0.2, -0.15) is 0 Å². The van der Waals surface area contributed by atoms with E-state index in [4.69, 9.17) is 5.11 Å². The second-order valence-corrected chi connectivity index (χ2v) is 2.86. The van der Waals surface area contributed by atoms with E-state index in [9.17, 15) is 0 Å². The van der Waals surface area contributed by atoms with E-state index in [2.05, 4.69) is 19.1 Å². The van der Waals surface area contributed by atoms with Crippen molar-refractivity contribution < 1.29 is 5.11 Å². The third-order valence-electron chi connectivity index (χ3n) is 2.15. The molecule has 0 bridgehead atoms. The van der Waals surface area contributed by atoms with Gasteiger partial charge in [0.15, 0.2) is 0 Å². The van der Waals surface area contributed by atoms with Crippen LogP contribution < -0.4 is 0 Å². The van der Waals surface area contributed by atoms with E-state index in [1.165, 1.54) is 0 Å². The van der Waals surface area contributed by atoms with Gasteiger partial charge in [0, 0.05) is 6.61 Å². The van der Waals surface area contributed by atoms with Gasteiger partial charge in [-0.3, -0.25) is 0 Å². The fraction of sp³-hybridized carbons (Fsp3) is 0.750. The molecule has 2 atom stereocenters. The van der Waals surface area contributed by atoms with Crippen LogP contribution in [0.3, 0.4) is 0 Å². The van der Waals surface area contributed by atoms with Gasteiger partial charge in [-0.15, -0.1) is 0 Å². The predicted molar refractivity (Wildman–Crippen MR) is 38.1 cm³/mol. The first kappa shape index (κ1) is 6.81. The molecule has 1 nitrogen and oxygen atoms in total. The molecular formula is C8H14O. The zero-order chi connectivity index (χ0) is 6.69. The van der Waals surface area contributed by atoms with Gasteiger partial charge in [0.25, 0.3) is 0 Å². The SMILES string of the molecule is C[C@H]1CC=CC[C@H]1CO. The molecular weight excluding hydrogens is 112 g/mol. The van der Waals surface area contributed by atoms with E-state index in [0.29, 0.717) is 18.4 Å². The number of hydrogen-bond acceptors (Lipinski definition) is 1. The summed E-state index contributed by atoms with van der Waals surface area (Å²) in [6.07, 6.45) is 6.58. The minimum absolute atomic E-state index is 0.353. The van der Waals surface area contributed by atoms with E-state index in [1.807, 2.05) is 0 Å². The van der Waals surface area contributed by atoms with Crippen molar-refractivity contribution in [2.45, 2.75) is 19.8 Å². The van der Waals surface area contributed by atoms with Crippen LogP contribution in [0.15, 0.2) is 12.2 Å². The standard InChI is InChI=1S/C8H14O/c1-7-4-2-3-5-8(7)6-9/h2-3,7-9H,4-6H2,1H3/t7-,8-/m0/s1. The molecule has 0 fully saturated rings. The predicted octanol–water partition coefficient (Wildman–Crippen LogP) is 1.58. The van der Waals surface area contributed by atoms with Crippen molar-refractivity contribution in [3.05, 3.63) is 12.2 Å². The lowest BCUT2D eigenvalue weighted by Crippen LogP contribution is -2.16. The molecule has 0 heterocycles. The molecule has 1 rings (SSSR count). The molecule has 0 aromatic rings. The number of hydrogen-bond donors (Lipinski definition) is 1. The molecule has 0 radical (unpaired) electrons. The Morgan fingerprint density at radius 2 is 2.11 bits per heavy atom. The molecule has 0 spiro atoms. The molecule has 0 aromatic carbocycles. The molecule has 0 amide bonds. The van der Waals surface area contributed by atoms with Gasteiger partial charge >= 0.3 is 0 Å². The second kappa shape index (κ2) is 3.02. The quantitative estimate of drug-likeness (QED) is 0.529. The Morgan fingerprint density at radius 3 is 2.56 bits per heavy atom. The van der Waals surface area contributed by atoms with E-state index in [-0.39, 0.29) is 0 Å². The minimum atomic E-state index is 0.353. The summed E-state index contributed by atoms with van der Waals surface area (Å²) in [6.45, 7) is 2.55. The zero-order valence-electron chi connectivity index (χ0n) is 5.88. The first-order valence-electron chi connectivity index (χ1n) is 3.60. The van der Waals surface area contributed by atoms with Crippen LogP contribution in [0.5, 0.6) is 0 Å². The maximum absolute atomic E-state index is 8.83. The number of allylic oxidation sites excluding steroid dienone is 2. The molecule has 9 heavy (non-hydrogen) atoms. The molecule has 1 aliphatic carbocycles. The summed E-state index contributed by atoms with van der Waals surface area (Å²) in [6, 6.07) is 0. The average molecular weight is 126 g/mol. The van der Waals surface area contributed by atoms with Crippen LogP contribution in [0, 0.1) is 11.8 Å². The summed E-state index contributed by atoms with van der Waals surface area (Å²) in [7, 11) is 0. The highest BCUT2D eigenvalue weighted by atomic mass is 16.3. The van der Waals surface area contributed by atoms with Crippen molar-refractivity contribution in [1.82, 2.24) is 0 Å². The van der Waals surface area contributed by atoms with Crippen molar-refractivity contribution in [2.75, 3.05) is 6.61 Å². The second-order valence-electron chi connectivity index (χ2n) is 2.86. The van der Waals surface area contributed by atoms with Gasteiger partial charge in [0.05, 0.1) is 0 Å². The molecule has 0 saturated heterocycles. The average Bonchev–Trinajstić information content (AvgIpc) is 1.89. The summed E-state index contributed by atoms with van der Waals surface area (Å²) in [5, 5.41) is 8.83. The third-order valence-corrected chi connectivity index (χ3v) is 2.15. The Hall–Kier alpha value is -0.300. The highest BCUT2D eigenvalue weighted by Gasteiger charge is 2.16. The maximum atomic E-state index is 8.83. The highest BCUT2D eigenvalue weighted by Crippen LogP contribution is 2.23. The Kier molecular flexibility index (Phi) is 2.29. The first-order valence-corrected chi connectivity index (χ1v) is 3.60. The lowest BCUT2D eigenvalue weighted by Gasteiger charge is -2.22. The minimum Gasteiger partial charge on any atom is -0.396 e. The molecule has 0 aromatic heterocycles. The van der Waals surface area contributed by atoms with E-state index < -0.39 is 0 Å². The van der Waals surface area contributed by atoms with Crippen LogP contribution in [-0.2, 0) is 0 Å². The Labute approximate surface area is 56.4 Å². The topological polar surface area (TPSA) is 20.2 Å².